The number of allylic oxidation sites excluding steroid dienone is 1. The molecule has 1 aromatic heterocycles. The molecule has 40 heavy (non-hydrogen) atoms. The van der Waals surface area contributed by atoms with Crippen molar-refractivity contribution in [2.75, 3.05) is 12.4 Å². The molecule has 0 aliphatic carbocycles. The first-order chi connectivity index (χ1) is 19.6. The maximum atomic E-state index is 12.7. The molecular formula is C34H27N3O3. The number of aromatic nitrogens is 2. The Bertz CT molecular complexity index is 1650. The zero-order valence-electron chi connectivity index (χ0n) is 21.9. The first-order valence-corrected chi connectivity index (χ1v) is 12.8. The largest absolute Gasteiger partial charge is 0.497 e. The molecule has 1 amide bonds. The van der Waals surface area contributed by atoms with Crippen molar-refractivity contribution < 1.29 is 14.3 Å². The molecule has 5 aromatic rings. The van der Waals surface area contributed by atoms with Crippen LogP contribution >= 0.6 is 0 Å². The number of nitrogens with zero attached hydrogens (tertiary/aromatic N) is 2. The minimum absolute atomic E-state index is 0.127. The standard InChI is InChI=1S/C34H27N3O3/c1-40-31-20-12-25(13-21-31)14-22-32(38)26-15-18-29(19-16-26)35-33(39)23-17-28-24-37(30-10-6-3-7-11-30)36-34(28)27-8-4-2-5-9-27/h2-24H,1H3,(H,35,39)/b22-14+,23-17+. The molecule has 0 atom stereocenters. The fraction of sp³-hybridized carbons (Fsp3) is 0.0294. The van der Waals surface area contributed by atoms with Crippen LogP contribution in [0.4, 0.5) is 5.69 Å². The van der Waals surface area contributed by atoms with Crippen LogP contribution in [-0.4, -0.2) is 28.6 Å². The van der Waals surface area contributed by atoms with Crippen LogP contribution in [0.25, 0.3) is 29.1 Å². The minimum Gasteiger partial charge on any atom is -0.497 e. The van der Waals surface area contributed by atoms with E-state index in [9.17, 15) is 9.59 Å². The molecule has 0 bridgehead atoms. The molecule has 0 spiro atoms. The van der Waals surface area contributed by atoms with E-state index in [1.807, 2.05) is 91.1 Å². The highest BCUT2D eigenvalue weighted by molar-refractivity contribution is 6.07. The molecule has 5 rings (SSSR count). The van der Waals surface area contributed by atoms with Gasteiger partial charge in [0.15, 0.2) is 5.78 Å². The Labute approximate surface area is 232 Å². The smallest absolute Gasteiger partial charge is 0.248 e. The van der Waals surface area contributed by atoms with Gasteiger partial charge in [-0.1, -0.05) is 66.7 Å². The van der Waals surface area contributed by atoms with Crippen molar-refractivity contribution in [3.63, 3.8) is 0 Å². The third-order valence-electron chi connectivity index (χ3n) is 6.20. The maximum absolute atomic E-state index is 12.7. The number of hydrogen-bond acceptors (Lipinski definition) is 4. The Morgan fingerprint density at radius 1 is 0.775 bits per heavy atom. The number of carbonyl (C=O) groups is 2. The highest BCUT2D eigenvalue weighted by atomic mass is 16.5. The second-order valence-corrected chi connectivity index (χ2v) is 8.95. The monoisotopic (exact) mass is 525 g/mol. The number of ketones is 1. The fourth-order valence-corrected chi connectivity index (χ4v) is 4.09. The van der Waals surface area contributed by atoms with Gasteiger partial charge in [0.1, 0.15) is 5.75 Å². The lowest BCUT2D eigenvalue weighted by atomic mass is 10.1. The summed E-state index contributed by atoms with van der Waals surface area (Å²) < 4.78 is 6.96. The Morgan fingerprint density at radius 2 is 1.45 bits per heavy atom. The van der Waals surface area contributed by atoms with E-state index in [0.29, 0.717) is 11.3 Å². The third kappa shape index (κ3) is 6.49. The van der Waals surface area contributed by atoms with Gasteiger partial charge in [-0.05, 0) is 66.2 Å². The summed E-state index contributed by atoms with van der Waals surface area (Å²) >= 11 is 0. The number of rotatable bonds is 9. The van der Waals surface area contributed by atoms with Crippen molar-refractivity contribution in [2.45, 2.75) is 0 Å². The van der Waals surface area contributed by atoms with Crippen LogP contribution in [0.3, 0.4) is 0 Å². The molecule has 0 saturated carbocycles. The van der Waals surface area contributed by atoms with Crippen molar-refractivity contribution >= 4 is 29.5 Å². The van der Waals surface area contributed by atoms with Gasteiger partial charge >= 0.3 is 0 Å². The number of ether oxygens (including phenoxy) is 1. The van der Waals surface area contributed by atoms with E-state index in [-0.39, 0.29) is 11.7 Å². The van der Waals surface area contributed by atoms with Crippen LogP contribution in [0, 0.1) is 0 Å². The molecular weight excluding hydrogens is 498 g/mol. The molecule has 0 radical (unpaired) electrons. The summed E-state index contributed by atoms with van der Waals surface area (Å²) in [4.78, 5) is 25.3. The number of hydrogen-bond donors (Lipinski definition) is 1. The summed E-state index contributed by atoms with van der Waals surface area (Å²) in [6.45, 7) is 0. The van der Waals surface area contributed by atoms with Crippen molar-refractivity contribution in [3.05, 3.63) is 144 Å². The Balaban J connectivity index is 1.26. The fourth-order valence-electron chi connectivity index (χ4n) is 4.09. The minimum atomic E-state index is -0.287. The van der Waals surface area contributed by atoms with Gasteiger partial charge in [-0.3, -0.25) is 9.59 Å². The van der Waals surface area contributed by atoms with Gasteiger partial charge in [-0.2, -0.15) is 5.10 Å². The number of amides is 1. The number of para-hydroxylation sites is 1. The van der Waals surface area contributed by atoms with Crippen molar-refractivity contribution in [1.82, 2.24) is 9.78 Å². The lowest BCUT2D eigenvalue weighted by molar-refractivity contribution is -0.111. The van der Waals surface area contributed by atoms with Gasteiger partial charge in [0.2, 0.25) is 5.91 Å². The summed E-state index contributed by atoms with van der Waals surface area (Å²) in [6.07, 6.45) is 8.42. The summed E-state index contributed by atoms with van der Waals surface area (Å²) in [5.41, 5.74) is 5.49. The van der Waals surface area contributed by atoms with Gasteiger partial charge < -0.3 is 10.1 Å². The topological polar surface area (TPSA) is 73.2 Å². The van der Waals surface area contributed by atoms with E-state index in [2.05, 4.69) is 5.32 Å². The number of anilines is 1. The van der Waals surface area contributed by atoms with Gasteiger partial charge in [0.05, 0.1) is 18.5 Å². The molecule has 6 heteroatoms. The SMILES string of the molecule is COc1ccc(/C=C/C(=O)c2ccc(NC(=O)/C=C/c3cn(-c4ccccc4)nc3-c3ccccc3)cc2)cc1. The molecule has 6 nitrogen and oxygen atoms in total. The molecule has 4 aromatic carbocycles. The zero-order valence-corrected chi connectivity index (χ0v) is 21.9. The van der Waals surface area contributed by atoms with Crippen LogP contribution in [-0.2, 0) is 4.79 Å². The molecule has 0 fully saturated rings. The van der Waals surface area contributed by atoms with Crippen LogP contribution in [0.2, 0.25) is 0 Å². The third-order valence-corrected chi connectivity index (χ3v) is 6.20. The number of nitrogens with one attached hydrogen (secondary N) is 1. The summed E-state index contributed by atoms with van der Waals surface area (Å²) in [5.74, 6) is 0.345. The van der Waals surface area contributed by atoms with Crippen molar-refractivity contribution in [1.29, 1.82) is 0 Å². The quantitative estimate of drug-likeness (QED) is 0.165. The predicted octanol–water partition coefficient (Wildman–Crippen LogP) is 7.10. The normalized spacial score (nSPS) is 11.1. The molecule has 0 saturated heterocycles. The maximum Gasteiger partial charge on any atom is 0.248 e. The lowest BCUT2D eigenvalue weighted by Gasteiger charge is -2.03. The highest BCUT2D eigenvalue weighted by Gasteiger charge is 2.11. The van der Waals surface area contributed by atoms with Gasteiger partial charge in [-0.25, -0.2) is 4.68 Å². The van der Waals surface area contributed by atoms with E-state index >= 15 is 0 Å². The predicted molar refractivity (Wildman–Crippen MR) is 159 cm³/mol. The lowest BCUT2D eigenvalue weighted by Crippen LogP contribution is -2.07. The molecule has 1 heterocycles. The summed E-state index contributed by atoms with van der Waals surface area (Å²) in [6, 6.07) is 33.9. The Hall–Kier alpha value is -5.49. The van der Waals surface area contributed by atoms with E-state index in [0.717, 1.165) is 33.8 Å². The number of benzene rings is 4. The zero-order chi connectivity index (χ0) is 27.7. The van der Waals surface area contributed by atoms with Crippen molar-refractivity contribution in [2.24, 2.45) is 0 Å². The van der Waals surface area contributed by atoms with Crippen LogP contribution < -0.4 is 10.1 Å². The molecule has 0 aliphatic rings. The Kier molecular flexibility index (Phi) is 8.08. The van der Waals surface area contributed by atoms with Crippen LogP contribution in [0.1, 0.15) is 21.5 Å². The van der Waals surface area contributed by atoms with Gasteiger partial charge in [-0.15, -0.1) is 0 Å². The first-order valence-electron chi connectivity index (χ1n) is 12.8. The summed E-state index contributed by atoms with van der Waals surface area (Å²) in [7, 11) is 1.61. The van der Waals surface area contributed by atoms with Crippen LogP contribution in [0.15, 0.2) is 128 Å². The average molecular weight is 526 g/mol. The number of carbonyl (C=O) groups excluding carboxylic acids is 2. The van der Waals surface area contributed by atoms with E-state index < -0.39 is 0 Å². The average Bonchev–Trinajstić information content (AvgIpc) is 3.45. The van der Waals surface area contributed by atoms with Crippen molar-refractivity contribution in [3.8, 4) is 22.7 Å². The van der Waals surface area contributed by atoms with Gasteiger partial charge in [0.25, 0.3) is 0 Å². The summed E-state index contributed by atoms with van der Waals surface area (Å²) in [5, 5.41) is 7.62. The van der Waals surface area contributed by atoms with Gasteiger partial charge in [0, 0.05) is 34.7 Å². The van der Waals surface area contributed by atoms with E-state index in [1.54, 1.807) is 48.2 Å². The number of methoxy groups -OCH3 is 1. The first kappa shape index (κ1) is 26.1. The highest BCUT2D eigenvalue weighted by Crippen LogP contribution is 2.25. The molecule has 196 valence electrons. The Morgan fingerprint density at radius 3 is 2.12 bits per heavy atom. The van der Waals surface area contributed by atoms with Crippen LogP contribution in [0.5, 0.6) is 5.75 Å². The van der Waals surface area contributed by atoms with E-state index in [1.165, 1.54) is 12.2 Å². The molecule has 0 aliphatic heterocycles. The second-order valence-electron chi connectivity index (χ2n) is 8.95. The second kappa shape index (κ2) is 12.4. The van der Waals surface area contributed by atoms with E-state index in [4.69, 9.17) is 9.84 Å². The molecule has 0 unspecified atom stereocenters. The molecule has 1 N–H and O–H groups in total.